The average Bonchev–Trinajstić information content (AvgIpc) is 2.90. The number of aromatic nitrogens is 3. The number of hydrogen-bond donors (Lipinski definition) is 2. The Hall–Kier alpha value is -1.72. The molecule has 0 fully saturated rings. The third-order valence-electron chi connectivity index (χ3n) is 2.82. The molecule has 0 saturated carbocycles. The topological polar surface area (TPSA) is 63.0 Å². The second-order valence-corrected chi connectivity index (χ2v) is 4.29. The van der Waals surface area contributed by atoms with Crippen molar-refractivity contribution in [1.29, 1.82) is 0 Å². The number of hydrogen-bond acceptors (Lipinski definition) is 4. The Labute approximate surface area is 106 Å². The number of nitrogens with zero attached hydrogens (tertiary/aromatic N) is 3. The quantitative estimate of drug-likeness (QED) is 0.798. The zero-order valence-corrected chi connectivity index (χ0v) is 10.4. The summed E-state index contributed by atoms with van der Waals surface area (Å²) >= 11 is 0. The first-order valence-electron chi connectivity index (χ1n) is 6.04. The van der Waals surface area contributed by atoms with E-state index >= 15 is 0 Å². The van der Waals surface area contributed by atoms with Crippen LogP contribution in [0.5, 0.6) is 0 Å². The molecule has 0 spiro atoms. The molecule has 0 aliphatic carbocycles. The van der Waals surface area contributed by atoms with Gasteiger partial charge < -0.3 is 10.4 Å². The molecular formula is C13H18N4O. The number of nitrogens with one attached hydrogen (secondary N) is 1. The van der Waals surface area contributed by atoms with Crippen LogP contribution in [0, 0.1) is 0 Å². The maximum absolute atomic E-state index is 9.88. The first kappa shape index (κ1) is 12.7. The molecule has 0 bridgehead atoms. The second-order valence-electron chi connectivity index (χ2n) is 4.29. The molecule has 2 heterocycles. The molecule has 5 nitrogen and oxygen atoms in total. The normalized spacial score (nSPS) is 14.3. The van der Waals surface area contributed by atoms with Gasteiger partial charge in [-0.3, -0.25) is 9.67 Å². The predicted molar refractivity (Wildman–Crippen MR) is 68.9 cm³/mol. The fourth-order valence-electron chi connectivity index (χ4n) is 1.77. The van der Waals surface area contributed by atoms with Crippen molar-refractivity contribution in [3.8, 4) is 0 Å². The maximum Gasteiger partial charge on any atom is 0.0860 e. The van der Waals surface area contributed by atoms with E-state index < -0.39 is 6.10 Å². The number of rotatable bonds is 6. The second kappa shape index (κ2) is 6.28. The Morgan fingerprint density at radius 1 is 1.33 bits per heavy atom. The zero-order chi connectivity index (χ0) is 12.8. The zero-order valence-electron chi connectivity index (χ0n) is 10.4. The molecule has 18 heavy (non-hydrogen) atoms. The average molecular weight is 246 g/mol. The van der Waals surface area contributed by atoms with Crippen molar-refractivity contribution < 1.29 is 5.11 Å². The molecule has 2 unspecified atom stereocenters. The van der Waals surface area contributed by atoms with E-state index in [1.165, 1.54) is 0 Å². The van der Waals surface area contributed by atoms with Gasteiger partial charge in [0, 0.05) is 37.4 Å². The van der Waals surface area contributed by atoms with Crippen molar-refractivity contribution in [3.63, 3.8) is 0 Å². The van der Waals surface area contributed by atoms with Gasteiger partial charge in [-0.05, 0) is 30.7 Å². The SMILES string of the molecule is CC(NCC(O)Cn1cccn1)c1ccncc1. The van der Waals surface area contributed by atoms with Crippen molar-refractivity contribution in [2.75, 3.05) is 6.54 Å². The molecule has 2 atom stereocenters. The Kier molecular flexibility index (Phi) is 4.44. The van der Waals surface area contributed by atoms with E-state index in [4.69, 9.17) is 0 Å². The molecule has 0 radical (unpaired) electrons. The third-order valence-corrected chi connectivity index (χ3v) is 2.82. The molecule has 0 aromatic carbocycles. The summed E-state index contributed by atoms with van der Waals surface area (Å²) in [5, 5.41) is 17.2. The van der Waals surface area contributed by atoms with Crippen LogP contribution in [0.2, 0.25) is 0 Å². The minimum absolute atomic E-state index is 0.195. The van der Waals surface area contributed by atoms with E-state index in [-0.39, 0.29) is 6.04 Å². The minimum Gasteiger partial charge on any atom is -0.390 e. The standard InChI is InChI=1S/C13H18N4O/c1-11(12-3-6-14-7-4-12)15-9-13(18)10-17-8-2-5-16-17/h2-8,11,13,15,18H,9-10H2,1H3. The smallest absolute Gasteiger partial charge is 0.0860 e. The lowest BCUT2D eigenvalue weighted by Crippen LogP contribution is -2.32. The molecule has 5 heteroatoms. The molecule has 96 valence electrons. The highest BCUT2D eigenvalue weighted by Crippen LogP contribution is 2.09. The van der Waals surface area contributed by atoms with E-state index in [0.717, 1.165) is 5.56 Å². The fourth-order valence-corrected chi connectivity index (χ4v) is 1.77. The Bertz CT molecular complexity index is 443. The van der Waals surface area contributed by atoms with Crippen LogP contribution in [0.25, 0.3) is 0 Å². The van der Waals surface area contributed by atoms with E-state index in [2.05, 4.69) is 22.3 Å². The van der Waals surface area contributed by atoms with Gasteiger partial charge in [0.25, 0.3) is 0 Å². The summed E-state index contributed by atoms with van der Waals surface area (Å²) in [4.78, 5) is 3.98. The molecule has 0 amide bonds. The summed E-state index contributed by atoms with van der Waals surface area (Å²) in [6, 6.07) is 5.98. The van der Waals surface area contributed by atoms with Crippen LogP contribution < -0.4 is 5.32 Å². The van der Waals surface area contributed by atoms with Crippen LogP contribution in [-0.2, 0) is 6.54 Å². The first-order valence-corrected chi connectivity index (χ1v) is 6.04. The monoisotopic (exact) mass is 246 g/mol. The van der Waals surface area contributed by atoms with Crippen molar-refractivity contribution in [3.05, 3.63) is 48.5 Å². The van der Waals surface area contributed by atoms with Crippen molar-refractivity contribution in [2.45, 2.75) is 25.6 Å². The van der Waals surface area contributed by atoms with Crippen molar-refractivity contribution in [1.82, 2.24) is 20.1 Å². The van der Waals surface area contributed by atoms with Gasteiger partial charge in [-0.15, -0.1) is 0 Å². The largest absolute Gasteiger partial charge is 0.390 e. The highest BCUT2D eigenvalue weighted by atomic mass is 16.3. The summed E-state index contributed by atoms with van der Waals surface area (Å²) in [6.07, 6.45) is 6.64. The van der Waals surface area contributed by atoms with Crippen LogP contribution in [0.15, 0.2) is 43.0 Å². The fraction of sp³-hybridized carbons (Fsp3) is 0.385. The lowest BCUT2D eigenvalue weighted by Gasteiger charge is -2.17. The summed E-state index contributed by atoms with van der Waals surface area (Å²) in [5.41, 5.74) is 1.16. The van der Waals surface area contributed by atoms with Crippen molar-refractivity contribution >= 4 is 0 Å². The Morgan fingerprint density at radius 2 is 2.11 bits per heavy atom. The summed E-state index contributed by atoms with van der Waals surface area (Å²) in [5.74, 6) is 0. The van der Waals surface area contributed by atoms with Crippen LogP contribution in [0.4, 0.5) is 0 Å². The van der Waals surface area contributed by atoms with Crippen LogP contribution >= 0.6 is 0 Å². The molecule has 2 N–H and O–H groups in total. The lowest BCUT2D eigenvalue weighted by atomic mass is 10.1. The minimum atomic E-state index is -0.450. The summed E-state index contributed by atoms with van der Waals surface area (Å²) < 4.78 is 1.73. The number of aliphatic hydroxyl groups is 1. The van der Waals surface area contributed by atoms with Crippen LogP contribution in [0.1, 0.15) is 18.5 Å². The first-order chi connectivity index (χ1) is 8.75. The van der Waals surface area contributed by atoms with E-state index in [9.17, 15) is 5.11 Å². The number of aliphatic hydroxyl groups excluding tert-OH is 1. The molecule has 2 aromatic heterocycles. The van der Waals surface area contributed by atoms with Crippen LogP contribution in [-0.4, -0.2) is 32.5 Å². The van der Waals surface area contributed by atoms with Gasteiger partial charge in [-0.25, -0.2) is 0 Å². The maximum atomic E-state index is 9.88. The molecule has 0 saturated heterocycles. The molecule has 0 aliphatic rings. The molecule has 2 aromatic rings. The highest BCUT2D eigenvalue weighted by molar-refractivity contribution is 5.13. The number of pyridine rings is 1. The lowest BCUT2D eigenvalue weighted by molar-refractivity contribution is 0.143. The predicted octanol–water partition coefficient (Wildman–Crippen LogP) is 0.990. The van der Waals surface area contributed by atoms with Gasteiger partial charge in [-0.2, -0.15) is 5.10 Å². The van der Waals surface area contributed by atoms with E-state index in [1.54, 1.807) is 23.3 Å². The molecular weight excluding hydrogens is 228 g/mol. The van der Waals surface area contributed by atoms with Gasteiger partial charge in [0.2, 0.25) is 0 Å². The van der Waals surface area contributed by atoms with Gasteiger partial charge in [0.1, 0.15) is 0 Å². The van der Waals surface area contributed by atoms with Crippen LogP contribution in [0.3, 0.4) is 0 Å². The summed E-state index contributed by atoms with van der Waals surface area (Å²) in [6.45, 7) is 3.10. The summed E-state index contributed by atoms with van der Waals surface area (Å²) in [7, 11) is 0. The van der Waals surface area contributed by atoms with Crippen molar-refractivity contribution in [2.24, 2.45) is 0 Å². The third kappa shape index (κ3) is 3.65. The van der Waals surface area contributed by atoms with E-state index in [1.807, 2.05) is 24.4 Å². The van der Waals surface area contributed by atoms with Gasteiger partial charge in [0.05, 0.1) is 12.6 Å². The van der Waals surface area contributed by atoms with Gasteiger partial charge in [-0.1, -0.05) is 0 Å². The highest BCUT2D eigenvalue weighted by Gasteiger charge is 2.09. The Balaban J connectivity index is 1.77. The Morgan fingerprint density at radius 3 is 2.78 bits per heavy atom. The van der Waals surface area contributed by atoms with Gasteiger partial charge in [0.15, 0.2) is 0 Å². The molecule has 0 aliphatic heterocycles. The van der Waals surface area contributed by atoms with E-state index in [0.29, 0.717) is 13.1 Å². The molecule has 2 rings (SSSR count). The van der Waals surface area contributed by atoms with Gasteiger partial charge >= 0.3 is 0 Å².